The molecule has 1 saturated heterocycles. The van der Waals surface area contributed by atoms with E-state index in [1.54, 1.807) is 12.1 Å². The molecule has 32 heavy (non-hydrogen) atoms. The molecule has 0 spiro atoms. The summed E-state index contributed by atoms with van der Waals surface area (Å²) in [5.41, 5.74) is -0.629. The Balaban J connectivity index is 1.65. The minimum Gasteiger partial charge on any atom is -0.490 e. The van der Waals surface area contributed by atoms with Gasteiger partial charge in [0.05, 0.1) is 24.1 Å². The van der Waals surface area contributed by atoms with Gasteiger partial charge in [-0.3, -0.25) is 14.2 Å². The van der Waals surface area contributed by atoms with Crippen molar-refractivity contribution in [1.82, 2.24) is 19.8 Å². The Morgan fingerprint density at radius 2 is 1.75 bits per heavy atom. The van der Waals surface area contributed by atoms with E-state index in [2.05, 4.69) is 22.1 Å². The lowest BCUT2D eigenvalue weighted by atomic mass is 9.99. The Hall–Kier alpha value is -2.81. The Labute approximate surface area is 187 Å². The number of aromatic nitrogens is 2. The number of nitrogens with zero attached hydrogens (tertiary/aromatic N) is 2. The topological polar surface area (TPSA) is 106 Å². The Morgan fingerprint density at radius 1 is 1.09 bits per heavy atom. The summed E-state index contributed by atoms with van der Waals surface area (Å²) in [6, 6.07) is 3.18. The molecule has 0 radical (unpaired) electrons. The van der Waals surface area contributed by atoms with Gasteiger partial charge in [-0.25, -0.2) is 4.79 Å². The summed E-state index contributed by atoms with van der Waals surface area (Å²) in [7, 11) is 0. The van der Waals surface area contributed by atoms with Crippen molar-refractivity contribution in [2.24, 2.45) is 5.92 Å². The molecule has 0 bridgehead atoms. The number of carbonyl (C=O) groups is 1. The van der Waals surface area contributed by atoms with Crippen LogP contribution >= 0.6 is 0 Å². The molecule has 0 saturated carbocycles. The molecule has 0 unspecified atom stereocenters. The second-order valence-electron chi connectivity index (χ2n) is 8.22. The SMILES string of the molecule is CCOc1cc2[nH]c(=O)n(CCC(=O)NCCN3CCC(C)CC3)c(=O)c2cc1OCC. The first-order chi connectivity index (χ1) is 15.4. The van der Waals surface area contributed by atoms with Crippen molar-refractivity contribution in [2.75, 3.05) is 39.4 Å². The van der Waals surface area contributed by atoms with Crippen molar-refractivity contribution in [3.05, 3.63) is 33.0 Å². The largest absolute Gasteiger partial charge is 0.490 e. The Morgan fingerprint density at radius 3 is 2.41 bits per heavy atom. The summed E-state index contributed by atoms with van der Waals surface area (Å²) < 4.78 is 12.2. The van der Waals surface area contributed by atoms with Crippen LogP contribution in [0.2, 0.25) is 0 Å². The zero-order chi connectivity index (χ0) is 23.1. The van der Waals surface area contributed by atoms with Gasteiger partial charge in [-0.2, -0.15) is 0 Å². The molecule has 1 aliphatic rings. The van der Waals surface area contributed by atoms with Crippen LogP contribution in [-0.2, 0) is 11.3 Å². The van der Waals surface area contributed by atoms with Crippen molar-refractivity contribution < 1.29 is 14.3 Å². The average Bonchev–Trinajstić information content (AvgIpc) is 2.76. The lowest BCUT2D eigenvalue weighted by molar-refractivity contribution is -0.121. The Bertz CT molecular complexity index is 1040. The summed E-state index contributed by atoms with van der Waals surface area (Å²) in [5.74, 6) is 1.51. The monoisotopic (exact) mass is 446 g/mol. The van der Waals surface area contributed by atoms with Gasteiger partial charge >= 0.3 is 5.69 Å². The lowest BCUT2D eigenvalue weighted by Gasteiger charge is -2.30. The van der Waals surface area contributed by atoms with Crippen LogP contribution in [0.25, 0.3) is 10.9 Å². The molecule has 1 aliphatic heterocycles. The number of H-pyrrole nitrogens is 1. The molecule has 176 valence electrons. The van der Waals surface area contributed by atoms with E-state index in [0.717, 1.165) is 30.1 Å². The number of rotatable bonds is 10. The van der Waals surface area contributed by atoms with E-state index >= 15 is 0 Å². The molecule has 1 amide bonds. The van der Waals surface area contributed by atoms with Gasteiger partial charge in [0.15, 0.2) is 11.5 Å². The molecule has 1 aromatic heterocycles. The molecule has 1 fully saturated rings. The van der Waals surface area contributed by atoms with Gasteiger partial charge in [0.2, 0.25) is 5.91 Å². The van der Waals surface area contributed by atoms with Crippen molar-refractivity contribution in [1.29, 1.82) is 0 Å². The molecule has 2 heterocycles. The van der Waals surface area contributed by atoms with E-state index in [-0.39, 0.29) is 18.9 Å². The maximum atomic E-state index is 12.9. The first kappa shape index (κ1) is 23.8. The third-order valence-electron chi connectivity index (χ3n) is 5.83. The number of aromatic amines is 1. The molecular weight excluding hydrogens is 412 g/mol. The van der Waals surface area contributed by atoms with Gasteiger partial charge < -0.3 is 24.7 Å². The van der Waals surface area contributed by atoms with Gasteiger partial charge in [-0.05, 0) is 51.8 Å². The first-order valence-corrected chi connectivity index (χ1v) is 11.5. The Kier molecular flexibility index (Phi) is 8.33. The number of fused-ring (bicyclic) bond motifs is 1. The summed E-state index contributed by atoms with van der Waals surface area (Å²) in [4.78, 5) is 42.8. The minimum absolute atomic E-state index is 0.00828. The molecule has 0 aliphatic carbocycles. The van der Waals surface area contributed by atoms with Crippen molar-refractivity contribution >= 4 is 16.8 Å². The zero-order valence-corrected chi connectivity index (χ0v) is 19.2. The van der Waals surface area contributed by atoms with Gasteiger partial charge in [0.1, 0.15) is 0 Å². The van der Waals surface area contributed by atoms with Gasteiger partial charge in [-0.15, -0.1) is 0 Å². The van der Waals surface area contributed by atoms with Crippen molar-refractivity contribution in [3.63, 3.8) is 0 Å². The number of carbonyl (C=O) groups excluding carboxylic acids is 1. The van der Waals surface area contributed by atoms with Gasteiger partial charge in [0.25, 0.3) is 5.56 Å². The second kappa shape index (κ2) is 11.2. The predicted molar refractivity (Wildman–Crippen MR) is 124 cm³/mol. The molecule has 2 aromatic rings. The molecule has 3 rings (SSSR count). The molecular formula is C23H34N4O5. The fourth-order valence-electron chi connectivity index (χ4n) is 3.94. The normalized spacial score (nSPS) is 15.1. The third kappa shape index (κ3) is 5.91. The lowest BCUT2D eigenvalue weighted by Crippen LogP contribution is -2.40. The number of amides is 1. The summed E-state index contributed by atoms with van der Waals surface area (Å²) >= 11 is 0. The average molecular weight is 447 g/mol. The minimum atomic E-state index is -0.552. The van der Waals surface area contributed by atoms with Gasteiger partial charge in [-0.1, -0.05) is 6.92 Å². The smallest absolute Gasteiger partial charge is 0.328 e. The highest BCUT2D eigenvalue weighted by Crippen LogP contribution is 2.30. The molecule has 1 aromatic carbocycles. The highest BCUT2D eigenvalue weighted by Gasteiger charge is 2.16. The molecule has 2 N–H and O–H groups in total. The fraction of sp³-hybridized carbons (Fsp3) is 0.609. The maximum absolute atomic E-state index is 12.9. The first-order valence-electron chi connectivity index (χ1n) is 11.5. The second-order valence-corrected chi connectivity index (χ2v) is 8.22. The van der Waals surface area contributed by atoms with E-state index < -0.39 is 11.2 Å². The number of piperidine rings is 1. The highest BCUT2D eigenvalue weighted by molar-refractivity contribution is 5.81. The number of hydrogen-bond donors (Lipinski definition) is 2. The third-order valence-corrected chi connectivity index (χ3v) is 5.83. The van der Waals surface area contributed by atoms with Gasteiger partial charge in [0, 0.05) is 32.1 Å². The predicted octanol–water partition coefficient (Wildman–Crippen LogP) is 1.73. The summed E-state index contributed by atoms with van der Waals surface area (Å²) in [5, 5.41) is 3.21. The van der Waals surface area contributed by atoms with Crippen molar-refractivity contribution in [3.8, 4) is 11.5 Å². The van der Waals surface area contributed by atoms with E-state index in [9.17, 15) is 14.4 Å². The van der Waals surface area contributed by atoms with Crippen molar-refractivity contribution in [2.45, 2.75) is 46.6 Å². The number of benzene rings is 1. The standard InChI is InChI=1S/C23H34N4O5/c1-4-31-19-14-17-18(15-20(19)32-5-2)25-23(30)27(22(17)29)12-8-21(28)24-9-13-26-10-6-16(3)7-11-26/h14-16H,4-13H2,1-3H3,(H,24,28)(H,25,30). The van der Waals surface area contributed by atoms with Crippen LogP contribution in [0.15, 0.2) is 21.7 Å². The quantitative estimate of drug-likeness (QED) is 0.576. The molecule has 9 nitrogen and oxygen atoms in total. The highest BCUT2D eigenvalue weighted by atomic mass is 16.5. The van der Waals surface area contributed by atoms with E-state index in [0.29, 0.717) is 42.2 Å². The summed E-state index contributed by atoms with van der Waals surface area (Å²) in [6.07, 6.45) is 2.44. The van der Waals surface area contributed by atoms with Crippen LogP contribution in [0.1, 0.15) is 40.0 Å². The number of likely N-dealkylation sites (tertiary alicyclic amines) is 1. The van der Waals surface area contributed by atoms with Crippen LogP contribution in [0.3, 0.4) is 0 Å². The van der Waals surface area contributed by atoms with E-state index in [1.807, 2.05) is 13.8 Å². The molecule has 0 atom stereocenters. The van der Waals surface area contributed by atoms with Crippen LogP contribution in [0.4, 0.5) is 0 Å². The number of hydrogen-bond acceptors (Lipinski definition) is 6. The zero-order valence-electron chi connectivity index (χ0n) is 19.2. The fourth-order valence-corrected chi connectivity index (χ4v) is 3.94. The van der Waals surface area contributed by atoms with Crippen LogP contribution in [0, 0.1) is 5.92 Å². The number of ether oxygens (including phenoxy) is 2. The van der Waals surface area contributed by atoms with Crippen LogP contribution in [-0.4, -0.2) is 59.8 Å². The number of nitrogens with one attached hydrogen (secondary N) is 2. The van der Waals surface area contributed by atoms with E-state index in [4.69, 9.17) is 9.47 Å². The van der Waals surface area contributed by atoms with Crippen LogP contribution < -0.4 is 26.0 Å². The summed E-state index contributed by atoms with van der Waals surface area (Å²) in [6.45, 7) is 10.3. The molecule has 9 heteroatoms. The maximum Gasteiger partial charge on any atom is 0.328 e. The van der Waals surface area contributed by atoms with E-state index in [1.165, 1.54) is 12.8 Å². The van der Waals surface area contributed by atoms with Crippen LogP contribution in [0.5, 0.6) is 11.5 Å².